The van der Waals surface area contributed by atoms with Crippen LogP contribution >= 0.6 is 0 Å². The summed E-state index contributed by atoms with van der Waals surface area (Å²) in [5.74, 6) is -0.737. The van der Waals surface area contributed by atoms with E-state index in [-0.39, 0.29) is 24.4 Å². The van der Waals surface area contributed by atoms with Crippen LogP contribution in [-0.2, 0) is 24.5 Å². The SMILES string of the molecule is COC(=O)C[C@@]1(C(=O)OC)c2ccccc2N2CCC[C@H]21. The minimum atomic E-state index is -0.949. The van der Waals surface area contributed by atoms with E-state index in [2.05, 4.69) is 4.90 Å². The Morgan fingerprint density at radius 3 is 2.76 bits per heavy atom. The van der Waals surface area contributed by atoms with Crippen LogP contribution < -0.4 is 4.90 Å². The van der Waals surface area contributed by atoms with Gasteiger partial charge in [0.25, 0.3) is 0 Å². The predicted octanol–water partition coefficient (Wildman–Crippen LogP) is 1.64. The number of rotatable bonds is 3. The number of carbonyl (C=O) groups excluding carboxylic acids is 2. The number of hydrogen-bond donors (Lipinski definition) is 0. The van der Waals surface area contributed by atoms with Crippen molar-refractivity contribution in [2.45, 2.75) is 30.7 Å². The number of para-hydroxylation sites is 1. The van der Waals surface area contributed by atoms with Crippen LogP contribution in [0.3, 0.4) is 0 Å². The minimum Gasteiger partial charge on any atom is -0.469 e. The van der Waals surface area contributed by atoms with Gasteiger partial charge in [-0.2, -0.15) is 0 Å². The van der Waals surface area contributed by atoms with Crippen LogP contribution in [0.4, 0.5) is 5.69 Å². The summed E-state index contributed by atoms with van der Waals surface area (Å²) >= 11 is 0. The number of ether oxygens (including phenoxy) is 2. The number of methoxy groups -OCH3 is 2. The van der Waals surface area contributed by atoms with Crippen molar-refractivity contribution in [1.29, 1.82) is 0 Å². The van der Waals surface area contributed by atoms with Gasteiger partial charge in [0.05, 0.1) is 20.6 Å². The van der Waals surface area contributed by atoms with Gasteiger partial charge in [-0.1, -0.05) is 18.2 Å². The van der Waals surface area contributed by atoms with Crippen LogP contribution in [0.2, 0.25) is 0 Å². The topological polar surface area (TPSA) is 55.8 Å². The second kappa shape index (κ2) is 5.06. The van der Waals surface area contributed by atoms with Gasteiger partial charge in [-0.15, -0.1) is 0 Å². The van der Waals surface area contributed by atoms with Gasteiger partial charge in [-0.05, 0) is 24.5 Å². The molecular weight excluding hydrogens is 270 g/mol. The number of esters is 2. The Morgan fingerprint density at radius 1 is 1.29 bits per heavy atom. The zero-order chi connectivity index (χ0) is 15.0. The van der Waals surface area contributed by atoms with Crippen molar-refractivity contribution in [3.8, 4) is 0 Å². The molecule has 112 valence electrons. The van der Waals surface area contributed by atoms with Crippen LogP contribution in [0.1, 0.15) is 24.8 Å². The highest BCUT2D eigenvalue weighted by molar-refractivity contribution is 5.94. The van der Waals surface area contributed by atoms with Crippen LogP contribution in [0.25, 0.3) is 0 Å². The molecule has 1 aromatic rings. The van der Waals surface area contributed by atoms with E-state index < -0.39 is 5.41 Å². The molecule has 1 saturated heterocycles. The molecule has 5 nitrogen and oxygen atoms in total. The summed E-state index contributed by atoms with van der Waals surface area (Å²) in [6.07, 6.45) is 1.91. The summed E-state index contributed by atoms with van der Waals surface area (Å²) in [5.41, 5.74) is 0.968. The number of hydrogen-bond acceptors (Lipinski definition) is 5. The predicted molar refractivity (Wildman–Crippen MR) is 77.1 cm³/mol. The molecule has 1 aromatic carbocycles. The standard InChI is InChI=1S/C16H19NO4/c1-20-14(18)10-16(15(19)21-2)11-6-3-4-7-12(11)17-9-5-8-13(16)17/h3-4,6-7,13H,5,8-10H2,1-2H3/t13-,16+/m0/s1. The molecule has 5 heteroatoms. The van der Waals surface area contributed by atoms with E-state index >= 15 is 0 Å². The van der Waals surface area contributed by atoms with E-state index in [1.54, 1.807) is 0 Å². The van der Waals surface area contributed by atoms with Gasteiger partial charge < -0.3 is 14.4 Å². The first kappa shape index (κ1) is 13.9. The third-order valence-electron chi connectivity index (χ3n) is 4.72. The van der Waals surface area contributed by atoms with Crippen molar-refractivity contribution in [3.05, 3.63) is 29.8 Å². The molecule has 0 N–H and O–H groups in total. The molecule has 2 heterocycles. The van der Waals surface area contributed by atoms with Crippen LogP contribution in [-0.4, -0.2) is 38.7 Å². The summed E-state index contributed by atoms with van der Waals surface area (Å²) < 4.78 is 9.90. The lowest BCUT2D eigenvalue weighted by atomic mass is 9.73. The van der Waals surface area contributed by atoms with Crippen molar-refractivity contribution >= 4 is 17.6 Å². The number of anilines is 1. The summed E-state index contributed by atoms with van der Waals surface area (Å²) in [6, 6.07) is 7.76. The zero-order valence-electron chi connectivity index (χ0n) is 12.3. The maximum atomic E-state index is 12.6. The Bertz CT molecular complexity index is 585. The molecular formula is C16H19NO4. The number of carbonyl (C=O) groups is 2. The summed E-state index contributed by atoms with van der Waals surface area (Å²) in [5, 5.41) is 0. The molecule has 2 atom stereocenters. The molecule has 3 rings (SSSR count). The molecule has 21 heavy (non-hydrogen) atoms. The zero-order valence-corrected chi connectivity index (χ0v) is 12.3. The molecule has 2 aliphatic rings. The smallest absolute Gasteiger partial charge is 0.319 e. The first-order valence-electron chi connectivity index (χ1n) is 7.16. The third-order valence-corrected chi connectivity index (χ3v) is 4.72. The highest BCUT2D eigenvalue weighted by Gasteiger charge is 2.59. The number of nitrogens with zero attached hydrogens (tertiary/aromatic N) is 1. The lowest BCUT2D eigenvalue weighted by Crippen LogP contribution is -2.49. The van der Waals surface area contributed by atoms with Crippen molar-refractivity contribution in [2.24, 2.45) is 0 Å². The molecule has 2 aliphatic heterocycles. The fourth-order valence-corrected chi connectivity index (χ4v) is 3.86. The molecule has 0 radical (unpaired) electrons. The van der Waals surface area contributed by atoms with Crippen LogP contribution in [0.15, 0.2) is 24.3 Å². The molecule has 0 saturated carbocycles. The van der Waals surface area contributed by atoms with E-state index in [0.29, 0.717) is 0 Å². The fourth-order valence-electron chi connectivity index (χ4n) is 3.86. The molecule has 0 amide bonds. The van der Waals surface area contributed by atoms with Crippen molar-refractivity contribution in [2.75, 3.05) is 25.7 Å². The first-order valence-corrected chi connectivity index (χ1v) is 7.16. The molecule has 0 unspecified atom stereocenters. The van der Waals surface area contributed by atoms with Crippen LogP contribution in [0, 0.1) is 0 Å². The second-order valence-electron chi connectivity index (χ2n) is 5.58. The average molecular weight is 289 g/mol. The van der Waals surface area contributed by atoms with Gasteiger partial charge in [0.2, 0.25) is 0 Å². The molecule has 1 fully saturated rings. The molecule has 0 aliphatic carbocycles. The monoisotopic (exact) mass is 289 g/mol. The fraction of sp³-hybridized carbons (Fsp3) is 0.500. The second-order valence-corrected chi connectivity index (χ2v) is 5.58. The van der Waals surface area contributed by atoms with Gasteiger partial charge in [-0.25, -0.2) is 0 Å². The van der Waals surface area contributed by atoms with E-state index in [1.165, 1.54) is 14.2 Å². The van der Waals surface area contributed by atoms with Crippen molar-refractivity contribution in [3.63, 3.8) is 0 Å². The van der Waals surface area contributed by atoms with E-state index in [1.807, 2.05) is 24.3 Å². The Balaban J connectivity index is 2.17. The number of fused-ring (bicyclic) bond motifs is 3. The Morgan fingerprint density at radius 2 is 2.05 bits per heavy atom. The normalized spacial score (nSPS) is 26.2. The highest BCUT2D eigenvalue weighted by Crippen LogP contribution is 2.52. The Hall–Kier alpha value is -2.04. The molecule has 0 bridgehead atoms. The first-order chi connectivity index (χ1) is 10.1. The lowest BCUT2D eigenvalue weighted by molar-refractivity contribution is -0.154. The summed E-state index contributed by atoms with van der Waals surface area (Å²) in [7, 11) is 2.72. The summed E-state index contributed by atoms with van der Waals surface area (Å²) in [4.78, 5) is 26.8. The largest absolute Gasteiger partial charge is 0.469 e. The van der Waals surface area contributed by atoms with Gasteiger partial charge in [-0.3, -0.25) is 9.59 Å². The van der Waals surface area contributed by atoms with E-state index in [9.17, 15) is 9.59 Å². The Labute approximate surface area is 123 Å². The van der Waals surface area contributed by atoms with Gasteiger partial charge in [0.15, 0.2) is 0 Å². The minimum absolute atomic E-state index is 0.0222. The maximum absolute atomic E-state index is 12.6. The Kier molecular flexibility index (Phi) is 3.35. The van der Waals surface area contributed by atoms with Crippen molar-refractivity contribution < 1.29 is 19.1 Å². The van der Waals surface area contributed by atoms with E-state index in [4.69, 9.17) is 9.47 Å². The van der Waals surface area contributed by atoms with E-state index in [0.717, 1.165) is 30.6 Å². The number of benzene rings is 1. The molecule has 0 spiro atoms. The van der Waals surface area contributed by atoms with Gasteiger partial charge in [0.1, 0.15) is 5.41 Å². The maximum Gasteiger partial charge on any atom is 0.319 e. The lowest BCUT2D eigenvalue weighted by Gasteiger charge is -2.32. The summed E-state index contributed by atoms with van der Waals surface area (Å²) in [6.45, 7) is 0.904. The van der Waals surface area contributed by atoms with Crippen LogP contribution in [0.5, 0.6) is 0 Å². The highest BCUT2D eigenvalue weighted by atomic mass is 16.5. The van der Waals surface area contributed by atoms with Gasteiger partial charge >= 0.3 is 11.9 Å². The quantitative estimate of drug-likeness (QED) is 0.792. The third kappa shape index (κ3) is 1.83. The molecule has 0 aromatic heterocycles. The van der Waals surface area contributed by atoms with Crippen molar-refractivity contribution in [1.82, 2.24) is 0 Å². The van der Waals surface area contributed by atoms with Gasteiger partial charge in [0, 0.05) is 18.3 Å². The average Bonchev–Trinajstić information content (AvgIpc) is 3.09.